The maximum Gasteiger partial charge on any atom is 0.244 e. The third kappa shape index (κ3) is 2.97. The van der Waals surface area contributed by atoms with Crippen LogP contribution < -0.4 is 5.32 Å². The van der Waals surface area contributed by atoms with E-state index in [0.717, 1.165) is 13.0 Å². The minimum atomic E-state index is -3.49. The summed E-state index contributed by atoms with van der Waals surface area (Å²) < 4.78 is 26.1. The number of nitrogens with zero attached hydrogens (tertiary/aromatic N) is 1. The lowest BCUT2D eigenvalue weighted by molar-refractivity contribution is 0.388. The Hall–Kier alpha value is -0.330. The normalized spacial score (nSPS) is 19.8. The molecular weight excluding hydrogens is 295 g/mol. The van der Waals surface area contributed by atoms with Crippen LogP contribution in [-0.2, 0) is 10.0 Å². The van der Waals surface area contributed by atoms with Gasteiger partial charge in [0.2, 0.25) is 10.0 Å². The van der Waals surface area contributed by atoms with Crippen LogP contribution in [0.1, 0.15) is 6.42 Å². The molecule has 1 fully saturated rings. The first-order chi connectivity index (χ1) is 8.03. The second-order valence-corrected chi connectivity index (χ2v) is 6.47. The largest absolute Gasteiger partial charge is 0.315 e. The zero-order valence-corrected chi connectivity index (χ0v) is 12.4. The molecule has 1 N–H and O–H groups in total. The summed E-state index contributed by atoms with van der Waals surface area (Å²) in [6.45, 7) is 1.55. The van der Waals surface area contributed by atoms with Gasteiger partial charge in [0, 0.05) is 19.6 Å². The van der Waals surface area contributed by atoms with E-state index in [2.05, 4.69) is 5.32 Å². The van der Waals surface area contributed by atoms with Crippen molar-refractivity contribution in [1.82, 2.24) is 9.62 Å². The van der Waals surface area contributed by atoms with Crippen molar-refractivity contribution in [3.63, 3.8) is 0 Å². The predicted molar refractivity (Wildman–Crippen MR) is 74.9 cm³/mol. The third-order valence-electron chi connectivity index (χ3n) is 3.04. The molecule has 0 amide bonds. The molecule has 2 rings (SSSR count). The summed E-state index contributed by atoms with van der Waals surface area (Å²) in [7, 11) is -1.88. The number of rotatable bonds is 3. The zero-order valence-electron chi connectivity index (χ0n) is 9.97. The molecule has 1 aromatic carbocycles. The first-order valence-corrected chi connectivity index (χ1v) is 7.28. The number of hydrogen-bond donors (Lipinski definition) is 1. The van der Waals surface area contributed by atoms with Gasteiger partial charge >= 0.3 is 0 Å². The van der Waals surface area contributed by atoms with Gasteiger partial charge in [-0.3, -0.25) is 0 Å². The molecule has 1 atom stereocenters. The molecule has 0 aromatic heterocycles. The average molecular weight is 311 g/mol. The first-order valence-electron chi connectivity index (χ1n) is 5.47. The summed E-state index contributed by atoms with van der Waals surface area (Å²) in [5, 5.41) is 3.42. The fourth-order valence-electron chi connectivity index (χ4n) is 1.96. The van der Waals surface area contributed by atoms with Crippen LogP contribution in [0.4, 0.5) is 0 Å². The standard InChI is InChI=1S/C11H15ClN2O2S.ClH/c1-14(9-6-7-13-8-9)17(15,16)11-5-3-2-4-10(11)12;/h2-5,9,13H,6-8H2,1H3;1H. The Morgan fingerprint density at radius 2 is 2.06 bits per heavy atom. The molecule has 4 nitrogen and oxygen atoms in total. The maximum absolute atomic E-state index is 12.4. The molecule has 1 heterocycles. The van der Waals surface area contributed by atoms with Gasteiger partial charge in [-0.15, -0.1) is 12.4 Å². The van der Waals surface area contributed by atoms with Gasteiger partial charge in [0.25, 0.3) is 0 Å². The fourth-order valence-corrected chi connectivity index (χ4v) is 3.83. The lowest BCUT2D eigenvalue weighted by Crippen LogP contribution is -2.38. The monoisotopic (exact) mass is 310 g/mol. The molecule has 1 aliphatic rings. The molecule has 0 aliphatic carbocycles. The molecule has 1 aromatic rings. The van der Waals surface area contributed by atoms with Crippen molar-refractivity contribution in [3.8, 4) is 0 Å². The molecule has 1 unspecified atom stereocenters. The quantitative estimate of drug-likeness (QED) is 0.925. The number of benzene rings is 1. The summed E-state index contributed by atoms with van der Waals surface area (Å²) in [5.74, 6) is 0. The molecule has 18 heavy (non-hydrogen) atoms. The highest BCUT2D eigenvalue weighted by Crippen LogP contribution is 2.25. The Bertz CT molecular complexity index is 502. The minimum absolute atomic E-state index is 0. The predicted octanol–water partition coefficient (Wildman–Crippen LogP) is 1.74. The summed E-state index contributed by atoms with van der Waals surface area (Å²) in [6, 6.07) is 6.54. The first kappa shape index (κ1) is 15.7. The van der Waals surface area contributed by atoms with Crippen LogP contribution in [0.3, 0.4) is 0 Å². The van der Waals surface area contributed by atoms with Crippen LogP contribution in [0, 0.1) is 0 Å². The summed E-state index contributed by atoms with van der Waals surface area (Å²) in [5.41, 5.74) is 0. The molecule has 1 aliphatic heterocycles. The van der Waals surface area contributed by atoms with E-state index in [1.54, 1.807) is 25.2 Å². The highest BCUT2D eigenvalue weighted by atomic mass is 35.5. The van der Waals surface area contributed by atoms with E-state index in [9.17, 15) is 8.42 Å². The van der Waals surface area contributed by atoms with Crippen LogP contribution in [-0.4, -0.2) is 38.9 Å². The van der Waals surface area contributed by atoms with Gasteiger partial charge in [-0.25, -0.2) is 8.42 Å². The Morgan fingerprint density at radius 3 is 2.61 bits per heavy atom. The number of hydrogen-bond acceptors (Lipinski definition) is 3. The summed E-state index contributed by atoms with van der Waals surface area (Å²) in [6.07, 6.45) is 0.834. The average Bonchev–Trinajstić information content (AvgIpc) is 2.81. The van der Waals surface area contributed by atoms with Gasteiger partial charge in [0.15, 0.2) is 0 Å². The van der Waals surface area contributed by atoms with Gasteiger partial charge in [0.05, 0.1) is 5.02 Å². The third-order valence-corrected chi connectivity index (χ3v) is 5.45. The van der Waals surface area contributed by atoms with E-state index in [1.165, 1.54) is 10.4 Å². The SMILES string of the molecule is CN(C1CCNC1)S(=O)(=O)c1ccccc1Cl.Cl. The van der Waals surface area contributed by atoms with E-state index in [0.29, 0.717) is 6.54 Å². The zero-order chi connectivity index (χ0) is 12.5. The molecule has 0 spiro atoms. The number of halogens is 2. The van der Waals surface area contributed by atoms with E-state index in [1.807, 2.05) is 0 Å². The van der Waals surface area contributed by atoms with Crippen molar-refractivity contribution in [2.24, 2.45) is 0 Å². The Morgan fingerprint density at radius 1 is 1.39 bits per heavy atom. The molecule has 102 valence electrons. The van der Waals surface area contributed by atoms with Gasteiger partial charge in [-0.05, 0) is 25.1 Å². The van der Waals surface area contributed by atoms with E-state index in [-0.39, 0.29) is 28.4 Å². The highest BCUT2D eigenvalue weighted by molar-refractivity contribution is 7.89. The van der Waals surface area contributed by atoms with Gasteiger partial charge < -0.3 is 5.32 Å². The highest BCUT2D eigenvalue weighted by Gasteiger charge is 2.30. The number of likely N-dealkylation sites (N-methyl/N-ethyl adjacent to an activating group) is 1. The second kappa shape index (κ2) is 6.21. The molecule has 7 heteroatoms. The summed E-state index contributed by atoms with van der Waals surface area (Å²) in [4.78, 5) is 0.177. The smallest absolute Gasteiger partial charge is 0.244 e. The van der Waals surface area contributed by atoms with Crippen molar-refractivity contribution in [3.05, 3.63) is 29.3 Å². The van der Waals surface area contributed by atoms with Crippen molar-refractivity contribution < 1.29 is 8.42 Å². The topological polar surface area (TPSA) is 49.4 Å². The lowest BCUT2D eigenvalue weighted by atomic mass is 10.3. The Kier molecular flexibility index (Phi) is 5.43. The lowest BCUT2D eigenvalue weighted by Gasteiger charge is -2.23. The second-order valence-electron chi connectivity index (χ2n) is 4.10. The van der Waals surface area contributed by atoms with Crippen molar-refractivity contribution in [1.29, 1.82) is 0 Å². The van der Waals surface area contributed by atoms with Crippen LogP contribution >= 0.6 is 24.0 Å². The fraction of sp³-hybridized carbons (Fsp3) is 0.455. The van der Waals surface area contributed by atoms with Gasteiger partial charge in [-0.1, -0.05) is 23.7 Å². The van der Waals surface area contributed by atoms with Crippen molar-refractivity contribution >= 4 is 34.0 Å². The van der Waals surface area contributed by atoms with Gasteiger partial charge in [-0.2, -0.15) is 4.31 Å². The van der Waals surface area contributed by atoms with E-state index >= 15 is 0 Å². The summed E-state index contributed by atoms with van der Waals surface area (Å²) >= 11 is 5.94. The van der Waals surface area contributed by atoms with Gasteiger partial charge in [0.1, 0.15) is 4.90 Å². The minimum Gasteiger partial charge on any atom is -0.315 e. The molecule has 0 bridgehead atoms. The van der Waals surface area contributed by atoms with Crippen LogP contribution in [0.15, 0.2) is 29.2 Å². The van der Waals surface area contributed by atoms with Crippen molar-refractivity contribution in [2.75, 3.05) is 20.1 Å². The van der Waals surface area contributed by atoms with E-state index in [4.69, 9.17) is 11.6 Å². The van der Waals surface area contributed by atoms with Crippen LogP contribution in [0.25, 0.3) is 0 Å². The number of sulfonamides is 1. The Labute approximate surface area is 119 Å². The van der Waals surface area contributed by atoms with Crippen LogP contribution in [0.2, 0.25) is 5.02 Å². The van der Waals surface area contributed by atoms with Crippen molar-refractivity contribution in [2.45, 2.75) is 17.4 Å². The molecular formula is C11H16Cl2N2O2S. The maximum atomic E-state index is 12.4. The number of nitrogens with one attached hydrogen (secondary N) is 1. The molecule has 0 radical (unpaired) electrons. The molecule has 1 saturated heterocycles. The van der Waals surface area contributed by atoms with Crippen LogP contribution in [0.5, 0.6) is 0 Å². The Balaban J connectivity index is 0.00000162. The molecule has 0 saturated carbocycles. The van der Waals surface area contributed by atoms with E-state index < -0.39 is 10.0 Å².